The third-order valence-corrected chi connectivity index (χ3v) is 6.17. The van der Waals surface area contributed by atoms with Crippen LogP contribution in [0.3, 0.4) is 0 Å². The van der Waals surface area contributed by atoms with Gasteiger partial charge >= 0.3 is 5.97 Å². The Morgan fingerprint density at radius 2 is 2.00 bits per heavy atom. The van der Waals surface area contributed by atoms with Gasteiger partial charge in [0.1, 0.15) is 6.04 Å². The molecule has 1 aromatic rings. The fourth-order valence-corrected chi connectivity index (χ4v) is 5.10. The highest BCUT2D eigenvalue weighted by molar-refractivity contribution is 8.01. The minimum atomic E-state index is -0.618. The zero-order chi connectivity index (χ0) is 16.1. The number of esters is 1. The fraction of sp³-hybridized carbons (Fsp3) is 0.429. The third-order valence-electron chi connectivity index (χ3n) is 3.88. The van der Waals surface area contributed by atoms with Crippen LogP contribution >= 0.6 is 46.6 Å². The number of benzene rings is 1. The van der Waals surface area contributed by atoms with Crippen molar-refractivity contribution in [2.75, 3.05) is 5.75 Å². The molecule has 2 saturated heterocycles. The Morgan fingerprint density at radius 1 is 1.36 bits per heavy atom. The molecular formula is C14H12Cl3NO3S. The van der Waals surface area contributed by atoms with Gasteiger partial charge in [-0.25, -0.2) is 4.79 Å². The highest BCUT2D eigenvalue weighted by Gasteiger charge is 2.53. The van der Waals surface area contributed by atoms with Crippen LogP contribution in [0.2, 0.25) is 15.1 Å². The van der Waals surface area contributed by atoms with E-state index in [1.54, 1.807) is 16.7 Å². The molecule has 3 rings (SSSR count). The molecule has 4 nitrogen and oxygen atoms in total. The van der Waals surface area contributed by atoms with Crippen LogP contribution in [0.25, 0.3) is 0 Å². The van der Waals surface area contributed by atoms with Crippen LogP contribution in [0, 0.1) is 0 Å². The van der Waals surface area contributed by atoms with Crippen molar-refractivity contribution in [2.45, 2.75) is 30.7 Å². The molecule has 8 heteroatoms. The van der Waals surface area contributed by atoms with Crippen molar-refractivity contribution in [3.8, 4) is 5.75 Å². The van der Waals surface area contributed by atoms with E-state index in [0.29, 0.717) is 17.2 Å². The Kier molecular flexibility index (Phi) is 4.27. The smallest absolute Gasteiger partial charge is 0.335 e. The van der Waals surface area contributed by atoms with Gasteiger partial charge < -0.3 is 9.64 Å². The summed E-state index contributed by atoms with van der Waals surface area (Å²) < 4.78 is 5.35. The molecular weight excluding hydrogens is 369 g/mol. The Bertz CT molecular complexity index is 646. The van der Waals surface area contributed by atoms with Crippen LogP contribution in [-0.4, -0.2) is 33.4 Å². The lowest BCUT2D eigenvalue weighted by atomic mass is 10.2. The molecule has 2 unspecified atom stereocenters. The first-order valence-corrected chi connectivity index (χ1v) is 8.76. The first-order chi connectivity index (χ1) is 10.3. The number of nitrogens with zero attached hydrogens (tertiary/aromatic N) is 1. The summed E-state index contributed by atoms with van der Waals surface area (Å²) in [6.45, 7) is 1.97. The van der Waals surface area contributed by atoms with Crippen molar-refractivity contribution in [1.82, 2.24) is 4.90 Å². The number of amides is 1. The zero-order valence-electron chi connectivity index (χ0n) is 11.6. The first kappa shape index (κ1) is 16.2. The average Bonchev–Trinajstić information content (AvgIpc) is 2.91. The number of ether oxygens (including phenoxy) is 1. The van der Waals surface area contributed by atoms with Gasteiger partial charge in [0, 0.05) is 17.2 Å². The Labute approximate surface area is 147 Å². The normalized spacial score (nSPS) is 27.2. The first-order valence-electron chi connectivity index (χ1n) is 6.64. The van der Waals surface area contributed by atoms with E-state index in [2.05, 4.69) is 0 Å². The molecule has 0 saturated carbocycles. The quantitative estimate of drug-likeness (QED) is 0.574. The predicted octanol–water partition coefficient (Wildman–Crippen LogP) is 4.01. The summed E-state index contributed by atoms with van der Waals surface area (Å²) in [5.74, 6) is 0.0208. The summed E-state index contributed by atoms with van der Waals surface area (Å²) in [6.07, 6.45) is 1.19. The molecule has 0 aliphatic carbocycles. The maximum absolute atomic E-state index is 12.5. The van der Waals surface area contributed by atoms with E-state index in [0.717, 1.165) is 6.42 Å². The third kappa shape index (κ3) is 2.68. The van der Waals surface area contributed by atoms with Crippen molar-refractivity contribution in [3.63, 3.8) is 0 Å². The molecule has 118 valence electrons. The second-order valence-corrected chi connectivity index (χ2v) is 8.14. The number of fused-ring (bicyclic) bond motifs is 1. The Morgan fingerprint density at radius 3 is 2.64 bits per heavy atom. The lowest BCUT2D eigenvalue weighted by molar-refractivity contribution is -0.146. The van der Waals surface area contributed by atoms with E-state index in [1.807, 2.05) is 6.92 Å². The van der Waals surface area contributed by atoms with Gasteiger partial charge in [0.2, 0.25) is 5.91 Å². The highest BCUT2D eigenvalue weighted by atomic mass is 35.5. The van der Waals surface area contributed by atoms with E-state index in [-0.39, 0.29) is 26.6 Å². The SMILES string of the molecule is CC12CCC(=O)N1C(C(=O)Oc1c(Cl)cc(Cl)cc1Cl)CS2. The molecule has 2 aliphatic heterocycles. The molecule has 1 amide bonds. The van der Waals surface area contributed by atoms with E-state index in [9.17, 15) is 9.59 Å². The van der Waals surface area contributed by atoms with Gasteiger partial charge in [0.15, 0.2) is 5.75 Å². The zero-order valence-corrected chi connectivity index (χ0v) is 14.7. The van der Waals surface area contributed by atoms with Gasteiger partial charge in [-0.2, -0.15) is 0 Å². The number of halogens is 3. The molecule has 2 heterocycles. The van der Waals surface area contributed by atoms with Crippen molar-refractivity contribution >= 4 is 58.4 Å². The van der Waals surface area contributed by atoms with Gasteiger partial charge in [0.25, 0.3) is 0 Å². The molecule has 0 spiro atoms. The molecule has 0 N–H and O–H groups in total. The van der Waals surface area contributed by atoms with Crippen LogP contribution in [0.5, 0.6) is 5.75 Å². The van der Waals surface area contributed by atoms with Gasteiger partial charge in [-0.3, -0.25) is 4.79 Å². The Hall–Kier alpha value is -0.620. The summed E-state index contributed by atoms with van der Waals surface area (Å²) in [7, 11) is 0. The molecule has 0 aromatic heterocycles. The number of hydrogen-bond donors (Lipinski definition) is 0. The largest absolute Gasteiger partial charge is 0.422 e. The summed E-state index contributed by atoms with van der Waals surface area (Å²) in [4.78, 5) is 25.8. The molecule has 0 radical (unpaired) electrons. The van der Waals surface area contributed by atoms with Crippen LogP contribution in [0.1, 0.15) is 19.8 Å². The number of carbonyl (C=O) groups excluding carboxylic acids is 2. The van der Waals surface area contributed by atoms with Crippen LogP contribution in [0.4, 0.5) is 0 Å². The molecule has 2 atom stereocenters. The van der Waals surface area contributed by atoms with E-state index in [1.165, 1.54) is 12.1 Å². The summed E-state index contributed by atoms with van der Waals surface area (Å²) >= 11 is 19.5. The number of hydrogen-bond acceptors (Lipinski definition) is 4. The minimum Gasteiger partial charge on any atom is -0.422 e. The maximum atomic E-state index is 12.5. The molecule has 0 bridgehead atoms. The molecule has 1 aromatic carbocycles. The standard InChI is InChI=1S/C14H12Cl3NO3S/c1-14-3-2-11(19)18(14)10(6-22-14)13(20)21-12-8(16)4-7(15)5-9(12)17/h4-5,10H,2-3,6H2,1H3. The summed E-state index contributed by atoms with van der Waals surface area (Å²) in [5.41, 5.74) is 0. The monoisotopic (exact) mass is 379 g/mol. The van der Waals surface area contributed by atoms with Crippen molar-refractivity contribution in [2.24, 2.45) is 0 Å². The van der Waals surface area contributed by atoms with Gasteiger partial charge in [-0.05, 0) is 25.5 Å². The van der Waals surface area contributed by atoms with Crippen molar-refractivity contribution in [3.05, 3.63) is 27.2 Å². The number of thioether (sulfide) groups is 1. The number of carbonyl (C=O) groups is 2. The molecule has 22 heavy (non-hydrogen) atoms. The Balaban J connectivity index is 1.83. The van der Waals surface area contributed by atoms with E-state index < -0.39 is 12.0 Å². The lowest BCUT2D eigenvalue weighted by Crippen LogP contribution is -2.47. The lowest BCUT2D eigenvalue weighted by Gasteiger charge is -2.29. The predicted molar refractivity (Wildman–Crippen MR) is 87.8 cm³/mol. The van der Waals surface area contributed by atoms with Crippen molar-refractivity contribution < 1.29 is 14.3 Å². The fourth-order valence-electron chi connectivity index (χ4n) is 2.79. The van der Waals surface area contributed by atoms with Gasteiger partial charge in [-0.15, -0.1) is 11.8 Å². The molecule has 2 fully saturated rings. The van der Waals surface area contributed by atoms with Gasteiger partial charge in [0.05, 0.1) is 14.9 Å². The van der Waals surface area contributed by atoms with Crippen LogP contribution < -0.4 is 4.74 Å². The highest BCUT2D eigenvalue weighted by Crippen LogP contribution is 2.47. The molecule has 2 aliphatic rings. The minimum absolute atomic E-state index is 0.0252. The maximum Gasteiger partial charge on any atom is 0.335 e. The summed E-state index contributed by atoms with van der Waals surface area (Å²) in [5, 5.41) is 0.674. The van der Waals surface area contributed by atoms with Gasteiger partial charge in [-0.1, -0.05) is 34.8 Å². The second kappa shape index (κ2) is 5.78. The topological polar surface area (TPSA) is 46.6 Å². The van der Waals surface area contributed by atoms with Crippen LogP contribution in [-0.2, 0) is 9.59 Å². The average molecular weight is 381 g/mol. The van der Waals surface area contributed by atoms with E-state index >= 15 is 0 Å². The summed E-state index contributed by atoms with van der Waals surface area (Å²) in [6, 6.07) is 2.28. The van der Waals surface area contributed by atoms with Crippen LogP contribution in [0.15, 0.2) is 12.1 Å². The van der Waals surface area contributed by atoms with E-state index in [4.69, 9.17) is 39.5 Å². The second-order valence-electron chi connectivity index (χ2n) is 5.39. The van der Waals surface area contributed by atoms with Crippen molar-refractivity contribution in [1.29, 1.82) is 0 Å². The number of rotatable bonds is 2.